The second kappa shape index (κ2) is 6.56. The van der Waals surface area contributed by atoms with Crippen LogP contribution in [0.1, 0.15) is 18.7 Å². The smallest absolute Gasteiger partial charge is 0.311 e. The number of likely N-dealkylation sites (tertiary alicyclic amines) is 1. The molecule has 2 saturated heterocycles. The van der Waals surface area contributed by atoms with Crippen molar-refractivity contribution >= 4 is 11.9 Å². The predicted octanol–water partition coefficient (Wildman–Crippen LogP) is 1.21. The molecule has 9 heteroatoms. The number of ether oxygens (including phenoxy) is 1. The quantitative estimate of drug-likeness (QED) is 0.844. The maximum absolute atomic E-state index is 12.5. The van der Waals surface area contributed by atoms with Crippen molar-refractivity contribution in [2.24, 2.45) is 11.3 Å². The van der Waals surface area contributed by atoms with Crippen LogP contribution in [-0.2, 0) is 20.7 Å². The number of aliphatic carboxylic acids is 1. The van der Waals surface area contributed by atoms with Crippen LogP contribution in [0.15, 0.2) is 27.5 Å². The lowest BCUT2D eigenvalue weighted by Gasteiger charge is -2.33. The molecule has 0 spiro atoms. The summed E-state index contributed by atoms with van der Waals surface area (Å²) < 4.78 is 15.6. The number of rotatable bonds is 5. The van der Waals surface area contributed by atoms with Gasteiger partial charge in [0.1, 0.15) is 6.26 Å². The minimum absolute atomic E-state index is 0.108. The number of amides is 1. The van der Waals surface area contributed by atoms with E-state index in [0.29, 0.717) is 49.9 Å². The van der Waals surface area contributed by atoms with E-state index in [0.717, 1.165) is 0 Å². The van der Waals surface area contributed by atoms with Crippen LogP contribution in [0.4, 0.5) is 0 Å². The first-order valence-corrected chi connectivity index (χ1v) is 8.52. The van der Waals surface area contributed by atoms with Crippen molar-refractivity contribution in [1.29, 1.82) is 0 Å². The van der Waals surface area contributed by atoms with Gasteiger partial charge in [-0.3, -0.25) is 9.59 Å². The number of carbonyl (C=O) groups is 2. The van der Waals surface area contributed by atoms with Crippen LogP contribution in [0.25, 0.3) is 11.4 Å². The predicted molar refractivity (Wildman–Crippen MR) is 85.9 cm³/mol. The molecule has 0 aromatic carbocycles. The zero-order valence-corrected chi connectivity index (χ0v) is 14.1. The van der Waals surface area contributed by atoms with Crippen LogP contribution >= 0.6 is 0 Å². The number of carboxylic acids is 1. The highest BCUT2D eigenvalue weighted by Gasteiger charge is 2.54. The van der Waals surface area contributed by atoms with Crippen molar-refractivity contribution in [2.45, 2.75) is 19.3 Å². The average Bonchev–Trinajstić information content (AvgIpc) is 3.38. The molecule has 0 aliphatic carbocycles. The van der Waals surface area contributed by atoms with Gasteiger partial charge >= 0.3 is 5.97 Å². The van der Waals surface area contributed by atoms with Crippen molar-refractivity contribution in [3.05, 3.63) is 24.5 Å². The summed E-state index contributed by atoms with van der Waals surface area (Å²) in [5, 5.41) is 13.5. The molecule has 2 fully saturated rings. The molecular formula is C17H19N3O6. The lowest BCUT2D eigenvalue weighted by atomic mass is 9.74. The monoisotopic (exact) mass is 361 g/mol. The van der Waals surface area contributed by atoms with Gasteiger partial charge in [0.15, 0.2) is 0 Å². The first kappa shape index (κ1) is 16.8. The molecule has 1 N–H and O–H groups in total. The van der Waals surface area contributed by atoms with Crippen LogP contribution in [0.3, 0.4) is 0 Å². The summed E-state index contributed by atoms with van der Waals surface area (Å²) in [4.78, 5) is 30.2. The third-order valence-corrected chi connectivity index (χ3v) is 5.29. The van der Waals surface area contributed by atoms with Gasteiger partial charge in [0.25, 0.3) is 0 Å². The molecule has 2 aliphatic rings. The zero-order chi connectivity index (χ0) is 18.1. The first-order chi connectivity index (χ1) is 12.6. The molecule has 2 atom stereocenters. The van der Waals surface area contributed by atoms with Gasteiger partial charge in [-0.2, -0.15) is 4.98 Å². The Morgan fingerprint density at radius 3 is 3.04 bits per heavy atom. The number of furan rings is 1. The van der Waals surface area contributed by atoms with Gasteiger partial charge in [0, 0.05) is 38.5 Å². The number of carbonyl (C=O) groups excluding carboxylic acids is 1. The molecule has 4 rings (SSSR count). The second-order valence-corrected chi connectivity index (χ2v) is 6.78. The summed E-state index contributed by atoms with van der Waals surface area (Å²) in [5.41, 5.74) is -0.175. The van der Waals surface area contributed by atoms with Crippen LogP contribution in [0.5, 0.6) is 0 Å². The molecule has 2 aliphatic heterocycles. The minimum Gasteiger partial charge on any atom is -0.481 e. The van der Waals surface area contributed by atoms with E-state index in [-0.39, 0.29) is 24.8 Å². The van der Waals surface area contributed by atoms with Gasteiger partial charge < -0.3 is 23.7 Å². The van der Waals surface area contributed by atoms with Crippen molar-refractivity contribution in [3.63, 3.8) is 0 Å². The Balaban J connectivity index is 1.38. The Morgan fingerprint density at radius 1 is 1.42 bits per heavy atom. The largest absolute Gasteiger partial charge is 0.481 e. The zero-order valence-electron chi connectivity index (χ0n) is 14.1. The average molecular weight is 361 g/mol. The lowest BCUT2D eigenvalue weighted by Crippen LogP contribution is -2.45. The highest BCUT2D eigenvalue weighted by Crippen LogP contribution is 2.42. The molecule has 0 bridgehead atoms. The number of fused-ring (bicyclic) bond motifs is 1. The molecule has 9 nitrogen and oxygen atoms in total. The Hall–Kier alpha value is -2.68. The highest BCUT2D eigenvalue weighted by atomic mass is 16.5. The fourth-order valence-electron chi connectivity index (χ4n) is 3.73. The summed E-state index contributed by atoms with van der Waals surface area (Å²) in [7, 11) is 0. The molecule has 1 amide bonds. The Kier molecular flexibility index (Phi) is 4.23. The molecule has 2 aromatic heterocycles. The number of aromatic nitrogens is 2. The van der Waals surface area contributed by atoms with Crippen molar-refractivity contribution in [2.75, 3.05) is 26.3 Å². The van der Waals surface area contributed by atoms with Gasteiger partial charge in [0.2, 0.25) is 17.6 Å². The van der Waals surface area contributed by atoms with E-state index < -0.39 is 11.4 Å². The van der Waals surface area contributed by atoms with Crippen molar-refractivity contribution < 1.29 is 28.4 Å². The normalized spacial score (nSPS) is 25.2. The first-order valence-electron chi connectivity index (χ1n) is 8.52. The maximum Gasteiger partial charge on any atom is 0.311 e. The molecule has 138 valence electrons. The van der Waals surface area contributed by atoms with Gasteiger partial charge in [0.05, 0.1) is 23.8 Å². The summed E-state index contributed by atoms with van der Waals surface area (Å²) in [6.07, 6.45) is 3.97. The summed E-state index contributed by atoms with van der Waals surface area (Å²) >= 11 is 0. The third kappa shape index (κ3) is 2.88. The molecule has 4 heterocycles. The van der Waals surface area contributed by atoms with E-state index >= 15 is 0 Å². The van der Waals surface area contributed by atoms with E-state index in [9.17, 15) is 14.7 Å². The molecule has 26 heavy (non-hydrogen) atoms. The summed E-state index contributed by atoms with van der Waals surface area (Å²) in [5.74, 6) is -0.336. The number of carboxylic acid groups (broad SMARTS) is 1. The lowest BCUT2D eigenvalue weighted by molar-refractivity contribution is -0.157. The number of hydrogen-bond acceptors (Lipinski definition) is 7. The second-order valence-electron chi connectivity index (χ2n) is 6.78. The molecular weight excluding hydrogens is 342 g/mol. The van der Waals surface area contributed by atoms with E-state index in [2.05, 4.69) is 10.1 Å². The van der Waals surface area contributed by atoms with E-state index in [1.807, 2.05) is 0 Å². The van der Waals surface area contributed by atoms with Crippen LogP contribution in [0.2, 0.25) is 0 Å². The summed E-state index contributed by atoms with van der Waals surface area (Å²) in [6, 6.07) is 1.72. The van der Waals surface area contributed by atoms with E-state index in [1.165, 1.54) is 12.5 Å². The molecule has 0 saturated carbocycles. The molecule has 0 unspecified atom stereocenters. The van der Waals surface area contributed by atoms with Crippen LogP contribution in [-0.4, -0.2) is 58.3 Å². The number of nitrogens with zero attached hydrogens (tertiary/aromatic N) is 3. The van der Waals surface area contributed by atoms with Crippen LogP contribution in [0, 0.1) is 11.3 Å². The van der Waals surface area contributed by atoms with Crippen LogP contribution < -0.4 is 0 Å². The van der Waals surface area contributed by atoms with Gasteiger partial charge in [-0.1, -0.05) is 5.16 Å². The minimum atomic E-state index is -0.882. The summed E-state index contributed by atoms with van der Waals surface area (Å²) in [6.45, 7) is 1.45. The Bertz CT molecular complexity index is 801. The third-order valence-electron chi connectivity index (χ3n) is 5.29. The van der Waals surface area contributed by atoms with Gasteiger partial charge in [-0.25, -0.2) is 0 Å². The molecule has 2 aromatic rings. The fourth-order valence-corrected chi connectivity index (χ4v) is 3.73. The number of aryl methyl sites for hydroxylation is 1. The Morgan fingerprint density at radius 2 is 2.31 bits per heavy atom. The van der Waals surface area contributed by atoms with Crippen molar-refractivity contribution in [3.8, 4) is 11.4 Å². The SMILES string of the molecule is O=C(CCc1nc(-c2ccoc2)no1)N1C[C@H]2COCC[C@@]2(C(=O)O)C1. The highest BCUT2D eigenvalue weighted by molar-refractivity contribution is 5.81. The molecule has 0 radical (unpaired) electrons. The topological polar surface area (TPSA) is 119 Å². The maximum atomic E-state index is 12.5. The van der Waals surface area contributed by atoms with Gasteiger partial charge in [-0.15, -0.1) is 0 Å². The van der Waals surface area contributed by atoms with Gasteiger partial charge in [-0.05, 0) is 12.5 Å². The Labute approximate surface area is 148 Å². The van der Waals surface area contributed by atoms with Crippen molar-refractivity contribution in [1.82, 2.24) is 15.0 Å². The number of hydrogen-bond donors (Lipinski definition) is 1. The van der Waals surface area contributed by atoms with E-state index in [4.69, 9.17) is 13.7 Å². The fraction of sp³-hybridized carbons (Fsp3) is 0.529. The standard InChI is InChI=1S/C17H19N3O6/c21-14(2-1-13-18-15(19-26-13)11-3-5-24-8-11)20-7-12-9-25-6-4-17(12,10-20)16(22)23/h3,5,8,12H,1-2,4,6-7,9-10H2,(H,22,23)/t12-,17+/m0/s1. The van der Waals surface area contributed by atoms with E-state index in [1.54, 1.807) is 11.0 Å².